The molecule has 1 heterocycles. The van der Waals surface area contributed by atoms with Crippen molar-refractivity contribution in [1.29, 1.82) is 0 Å². The molecule has 138 valence electrons. The van der Waals surface area contributed by atoms with Gasteiger partial charge in [0, 0.05) is 44.4 Å². The number of thiazole rings is 1. The molecule has 7 nitrogen and oxygen atoms in total. The van der Waals surface area contributed by atoms with Gasteiger partial charge in [0.25, 0.3) is 0 Å². The third-order valence-corrected chi connectivity index (χ3v) is 4.57. The molecule has 0 bridgehead atoms. The second-order valence-corrected chi connectivity index (χ2v) is 6.82. The summed E-state index contributed by atoms with van der Waals surface area (Å²) in [5, 5.41) is 13.9. The lowest BCUT2D eigenvalue weighted by Crippen LogP contribution is -2.24. The number of hydrogen-bond donors (Lipinski definition) is 2. The minimum Gasteiger partial charge on any atom is -0.476 e. The summed E-state index contributed by atoms with van der Waals surface area (Å²) in [4.78, 5) is 39.9. The number of carbonyl (C=O) groups excluding carboxylic acids is 2. The second kappa shape index (κ2) is 9.10. The summed E-state index contributed by atoms with van der Waals surface area (Å²) in [5.74, 6) is -1.15. The van der Waals surface area contributed by atoms with Crippen molar-refractivity contribution in [2.24, 2.45) is 0 Å². The maximum Gasteiger partial charge on any atom is 0.355 e. The van der Waals surface area contributed by atoms with Gasteiger partial charge in [-0.1, -0.05) is 18.2 Å². The molecule has 0 saturated heterocycles. The van der Waals surface area contributed by atoms with Crippen LogP contribution in [0.3, 0.4) is 0 Å². The van der Waals surface area contributed by atoms with E-state index >= 15 is 0 Å². The van der Waals surface area contributed by atoms with E-state index in [0.717, 1.165) is 11.1 Å². The zero-order valence-electron chi connectivity index (χ0n) is 14.7. The number of amides is 2. The quantitative estimate of drug-likeness (QED) is 0.738. The first-order valence-electron chi connectivity index (χ1n) is 8.12. The molecule has 0 aliphatic rings. The van der Waals surface area contributed by atoms with E-state index in [0.29, 0.717) is 30.8 Å². The van der Waals surface area contributed by atoms with Crippen LogP contribution in [0.1, 0.15) is 35.3 Å². The van der Waals surface area contributed by atoms with Crippen molar-refractivity contribution in [3.63, 3.8) is 0 Å². The lowest BCUT2D eigenvalue weighted by Gasteiger charge is -2.10. The molecule has 0 aliphatic heterocycles. The number of aromatic nitrogens is 1. The molecule has 1 aromatic carbocycles. The van der Waals surface area contributed by atoms with Crippen LogP contribution < -0.4 is 5.32 Å². The van der Waals surface area contributed by atoms with E-state index in [4.69, 9.17) is 5.11 Å². The molecular formula is C18H21N3O4S. The van der Waals surface area contributed by atoms with Gasteiger partial charge in [-0.2, -0.15) is 0 Å². The second-order valence-electron chi connectivity index (χ2n) is 5.96. The Labute approximate surface area is 155 Å². The van der Waals surface area contributed by atoms with Gasteiger partial charge in [0.05, 0.1) is 0 Å². The molecule has 2 aromatic rings. The third-order valence-electron chi connectivity index (χ3n) is 3.68. The zero-order valence-corrected chi connectivity index (χ0v) is 15.5. The molecule has 0 saturated carbocycles. The molecule has 2 N–H and O–H groups in total. The fraction of sp³-hybridized carbons (Fsp3) is 0.333. The minimum atomic E-state index is -1.05. The summed E-state index contributed by atoms with van der Waals surface area (Å²) in [6.07, 6.45) is 1.17. The molecule has 0 fully saturated rings. The highest BCUT2D eigenvalue weighted by Crippen LogP contribution is 2.24. The Hall–Kier alpha value is -2.74. The summed E-state index contributed by atoms with van der Waals surface area (Å²) in [6.45, 7) is 0.367. The highest BCUT2D eigenvalue weighted by Gasteiger charge is 2.11. The normalized spacial score (nSPS) is 10.4. The third kappa shape index (κ3) is 5.66. The summed E-state index contributed by atoms with van der Waals surface area (Å²) in [5.41, 5.74) is 1.73. The largest absolute Gasteiger partial charge is 0.476 e. The molecule has 0 unspecified atom stereocenters. The highest BCUT2D eigenvalue weighted by atomic mass is 32.1. The van der Waals surface area contributed by atoms with Crippen molar-refractivity contribution < 1.29 is 19.5 Å². The average molecular weight is 375 g/mol. The maximum absolute atomic E-state index is 11.9. The van der Waals surface area contributed by atoms with Crippen LogP contribution in [0.25, 0.3) is 10.6 Å². The average Bonchev–Trinajstić information content (AvgIpc) is 3.10. The summed E-state index contributed by atoms with van der Waals surface area (Å²) in [6, 6.07) is 7.45. The lowest BCUT2D eigenvalue weighted by atomic mass is 10.1. The van der Waals surface area contributed by atoms with Crippen molar-refractivity contribution in [2.75, 3.05) is 14.1 Å². The van der Waals surface area contributed by atoms with Gasteiger partial charge in [0.1, 0.15) is 5.01 Å². The summed E-state index contributed by atoms with van der Waals surface area (Å²) in [7, 11) is 3.38. The summed E-state index contributed by atoms with van der Waals surface area (Å²) >= 11 is 1.26. The predicted octanol–water partition coefficient (Wildman–Crippen LogP) is 2.38. The van der Waals surface area contributed by atoms with Gasteiger partial charge in [-0.3, -0.25) is 9.59 Å². The van der Waals surface area contributed by atoms with E-state index in [-0.39, 0.29) is 17.5 Å². The molecule has 0 spiro atoms. The van der Waals surface area contributed by atoms with E-state index < -0.39 is 5.97 Å². The van der Waals surface area contributed by atoms with Crippen LogP contribution >= 0.6 is 11.3 Å². The van der Waals surface area contributed by atoms with Crippen LogP contribution in [0.15, 0.2) is 29.6 Å². The van der Waals surface area contributed by atoms with Gasteiger partial charge < -0.3 is 15.3 Å². The lowest BCUT2D eigenvalue weighted by molar-refractivity contribution is -0.129. The Kier molecular flexibility index (Phi) is 6.85. The number of carboxylic acids is 1. The standard InChI is InChI=1S/C18H21N3O4S/c1-21(2)16(23)8-4-7-15(22)19-10-12-5-3-6-13(9-12)17-20-14(11-26-17)18(24)25/h3,5-6,9,11H,4,7-8,10H2,1-2H3,(H,19,22)(H,24,25). The molecule has 26 heavy (non-hydrogen) atoms. The van der Waals surface area contributed by atoms with Crippen molar-refractivity contribution in [3.8, 4) is 10.6 Å². The molecule has 2 rings (SSSR count). The molecule has 0 atom stereocenters. The Balaban J connectivity index is 1.87. The Bertz CT molecular complexity index is 801. The first-order valence-corrected chi connectivity index (χ1v) is 8.99. The van der Waals surface area contributed by atoms with Crippen molar-refractivity contribution in [2.45, 2.75) is 25.8 Å². The zero-order chi connectivity index (χ0) is 19.1. The number of benzene rings is 1. The monoisotopic (exact) mass is 375 g/mol. The maximum atomic E-state index is 11.9. The van der Waals surface area contributed by atoms with E-state index in [9.17, 15) is 14.4 Å². The molecule has 2 amide bonds. The molecule has 1 aromatic heterocycles. The molecule has 0 radical (unpaired) electrons. The highest BCUT2D eigenvalue weighted by molar-refractivity contribution is 7.13. The Morgan fingerprint density at radius 2 is 2.00 bits per heavy atom. The number of nitrogens with one attached hydrogen (secondary N) is 1. The smallest absolute Gasteiger partial charge is 0.355 e. The van der Waals surface area contributed by atoms with Crippen LogP contribution in [0.4, 0.5) is 0 Å². The number of nitrogens with zero attached hydrogens (tertiary/aromatic N) is 2. The van der Waals surface area contributed by atoms with Crippen molar-refractivity contribution >= 4 is 29.1 Å². The number of carbonyl (C=O) groups is 3. The first-order chi connectivity index (χ1) is 12.4. The van der Waals surface area contributed by atoms with Crippen molar-refractivity contribution in [1.82, 2.24) is 15.2 Å². The van der Waals surface area contributed by atoms with Gasteiger partial charge in [0.2, 0.25) is 11.8 Å². The van der Waals surface area contributed by atoms with E-state index in [2.05, 4.69) is 10.3 Å². The van der Waals surface area contributed by atoms with Crippen LogP contribution in [0.2, 0.25) is 0 Å². The molecule has 0 aliphatic carbocycles. The van der Waals surface area contributed by atoms with Crippen LogP contribution in [-0.2, 0) is 16.1 Å². The Morgan fingerprint density at radius 3 is 2.65 bits per heavy atom. The fourth-order valence-corrected chi connectivity index (χ4v) is 3.02. The van der Waals surface area contributed by atoms with Gasteiger partial charge >= 0.3 is 5.97 Å². The molecule has 8 heteroatoms. The van der Waals surface area contributed by atoms with Gasteiger partial charge in [-0.05, 0) is 18.1 Å². The number of carboxylic acid groups (broad SMARTS) is 1. The Morgan fingerprint density at radius 1 is 1.23 bits per heavy atom. The topological polar surface area (TPSA) is 99.6 Å². The number of aromatic carboxylic acids is 1. The van der Waals surface area contributed by atoms with E-state index in [1.807, 2.05) is 24.3 Å². The van der Waals surface area contributed by atoms with Gasteiger partial charge in [-0.25, -0.2) is 9.78 Å². The van der Waals surface area contributed by atoms with Gasteiger partial charge in [-0.15, -0.1) is 11.3 Å². The van der Waals surface area contributed by atoms with E-state index in [1.54, 1.807) is 14.1 Å². The van der Waals surface area contributed by atoms with Crippen LogP contribution in [0.5, 0.6) is 0 Å². The predicted molar refractivity (Wildman–Crippen MR) is 98.9 cm³/mol. The summed E-state index contributed by atoms with van der Waals surface area (Å²) < 4.78 is 0. The number of hydrogen-bond acceptors (Lipinski definition) is 5. The SMILES string of the molecule is CN(C)C(=O)CCCC(=O)NCc1cccc(-c2nc(C(=O)O)cs2)c1. The van der Waals surface area contributed by atoms with E-state index in [1.165, 1.54) is 21.6 Å². The number of rotatable bonds is 8. The first kappa shape index (κ1) is 19.6. The minimum absolute atomic E-state index is 0.00896. The van der Waals surface area contributed by atoms with Crippen LogP contribution in [0, 0.1) is 0 Å². The van der Waals surface area contributed by atoms with Gasteiger partial charge in [0.15, 0.2) is 5.69 Å². The molecular weight excluding hydrogens is 354 g/mol. The fourth-order valence-electron chi connectivity index (χ4n) is 2.23. The van der Waals surface area contributed by atoms with Crippen molar-refractivity contribution in [3.05, 3.63) is 40.9 Å². The van der Waals surface area contributed by atoms with Crippen LogP contribution in [-0.4, -0.2) is 46.9 Å².